The number of thioether (sulfide) groups is 1. The maximum absolute atomic E-state index is 13.0. The smallest absolute Gasteiger partial charge is 0.233 e. The fraction of sp³-hybridized carbons (Fsp3) is 0.263. The summed E-state index contributed by atoms with van der Waals surface area (Å²) in [5.74, 6) is -0.445. The first-order valence-corrected chi connectivity index (χ1v) is 9.40. The number of tetrazole rings is 1. The highest BCUT2D eigenvalue weighted by atomic mass is 32.2. The zero-order chi connectivity index (χ0) is 19.4. The van der Waals surface area contributed by atoms with Gasteiger partial charge in [0.05, 0.1) is 17.0 Å². The number of carbonyl (C=O) groups is 1. The van der Waals surface area contributed by atoms with Crippen molar-refractivity contribution in [1.29, 1.82) is 0 Å². The molecule has 2 unspecified atom stereocenters. The van der Waals surface area contributed by atoms with Crippen LogP contribution in [0.1, 0.15) is 31.0 Å². The van der Waals surface area contributed by atoms with Gasteiger partial charge in [-0.15, -0.1) is 5.10 Å². The number of nitrogens with one attached hydrogen (secondary N) is 1. The molecule has 140 valence electrons. The van der Waals surface area contributed by atoms with Gasteiger partial charge in [0.25, 0.3) is 0 Å². The van der Waals surface area contributed by atoms with Gasteiger partial charge in [-0.3, -0.25) is 4.79 Å². The Morgan fingerprint density at radius 2 is 1.78 bits per heavy atom. The average Bonchev–Trinajstić information content (AvgIpc) is 3.10. The standard InChI is InChI=1S/C19H20FN5OS/c1-12-4-10-17(11-5-12)25-19(22-23-24-25)27-14(3)18(26)21-13(2)15-6-8-16(20)9-7-15/h4-11,13-14H,1-3H3,(H,21,26). The van der Waals surface area contributed by atoms with Crippen molar-refractivity contribution in [2.24, 2.45) is 0 Å². The van der Waals surface area contributed by atoms with Gasteiger partial charge in [0.15, 0.2) is 0 Å². The summed E-state index contributed by atoms with van der Waals surface area (Å²) in [7, 11) is 0. The first kappa shape index (κ1) is 19.0. The lowest BCUT2D eigenvalue weighted by atomic mass is 10.1. The fourth-order valence-electron chi connectivity index (χ4n) is 2.48. The molecule has 0 fully saturated rings. The van der Waals surface area contributed by atoms with Crippen molar-refractivity contribution in [3.8, 4) is 5.69 Å². The number of carbonyl (C=O) groups excluding carboxylic acids is 1. The van der Waals surface area contributed by atoms with Crippen molar-refractivity contribution in [3.63, 3.8) is 0 Å². The van der Waals surface area contributed by atoms with E-state index in [1.165, 1.54) is 23.9 Å². The summed E-state index contributed by atoms with van der Waals surface area (Å²) < 4.78 is 14.6. The number of rotatable bonds is 6. The van der Waals surface area contributed by atoms with Crippen LogP contribution in [-0.2, 0) is 4.79 Å². The molecule has 2 aromatic carbocycles. The van der Waals surface area contributed by atoms with Crippen LogP contribution in [0.2, 0.25) is 0 Å². The third-order valence-corrected chi connectivity index (χ3v) is 5.13. The third-order valence-electron chi connectivity index (χ3n) is 4.10. The van der Waals surface area contributed by atoms with E-state index in [1.54, 1.807) is 23.7 Å². The van der Waals surface area contributed by atoms with Gasteiger partial charge in [0, 0.05) is 0 Å². The Kier molecular flexibility index (Phi) is 5.85. The largest absolute Gasteiger partial charge is 0.349 e. The second-order valence-corrected chi connectivity index (χ2v) is 7.56. The number of hydrogen-bond donors (Lipinski definition) is 1. The normalized spacial score (nSPS) is 13.2. The monoisotopic (exact) mass is 385 g/mol. The van der Waals surface area contributed by atoms with Crippen LogP contribution < -0.4 is 5.32 Å². The van der Waals surface area contributed by atoms with Gasteiger partial charge in [-0.2, -0.15) is 4.68 Å². The molecule has 0 saturated carbocycles. The van der Waals surface area contributed by atoms with Gasteiger partial charge in [-0.25, -0.2) is 4.39 Å². The minimum Gasteiger partial charge on any atom is -0.349 e. The summed E-state index contributed by atoms with van der Waals surface area (Å²) >= 11 is 1.28. The molecule has 1 N–H and O–H groups in total. The van der Waals surface area contributed by atoms with Gasteiger partial charge in [0.2, 0.25) is 11.1 Å². The molecule has 1 heterocycles. The van der Waals surface area contributed by atoms with Crippen LogP contribution in [0.5, 0.6) is 0 Å². The van der Waals surface area contributed by atoms with E-state index >= 15 is 0 Å². The molecule has 0 saturated heterocycles. The van der Waals surface area contributed by atoms with Gasteiger partial charge in [0.1, 0.15) is 5.82 Å². The lowest BCUT2D eigenvalue weighted by Crippen LogP contribution is -2.33. The second-order valence-electron chi connectivity index (χ2n) is 6.25. The van der Waals surface area contributed by atoms with Gasteiger partial charge < -0.3 is 5.32 Å². The van der Waals surface area contributed by atoms with Crippen molar-refractivity contribution in [2.75, 3.05) is 0 Å². The maximum Gasteiger partial charge on any atom is 0.233 e. The van der Waals surface area contributed by atoms with Crippen molar-refractivity contribution in [1.82, 2.24) is 25.5 Å². The summed E-state index contributed by atoms with van der Waals surface area (Å²) in [6, 6.07) is 13.7. The van der Waals surface area contributed by atoms with Gasteiger partial charge >= 0.3 is 0 Å². The number of amides is 1. The topological polar surface area (TPSA) is 72.7 Å². The quantitative estimate of drug-likeness (QED) is 0.658. The molecule has 27 heavy (non-hydrogen) atoms. The van der Waals surface area contributed by atoms with Crippen LogP contribution in [0, 0.1) is 12.7 Å². The molecular formula is C19H20FN5OS. The molecule has 0 radical (unpaired) electrons. The highest BCUT2D eigenvalue weighted by molar-refractivity contribution is 8.00. The molecule has 3 aromatic rings. The van der Waals surface area contributed by atoms with Crippen LogP contribution >= 0.6 is 11.8 Å². The summed E-state index contributed by atoms with van der Waals surface area (Å²) in [5, 5.41) is 14.8. The lowest BCUT2D eigenvalue weighted by molar-refractivity contribution is -0.120. The molecule has 3 rings (SSSR count). The zero-order valence-corrected chi connectivity index (χ0v) is 16.1. The fourth-order valence-corrected chi connectivity index (χ4v) is 3.29. The Morgan fingerprint density at radius 1 is 1.11 bits per heavy atom. The first-order chi connectivity index (χ1) is 12.9. The van der Waals surface area contributed by atoms with Crippen molar-refractivity contribution in [2.45, 2.75) is 37.2 Å². The molecule has 1 aromatic heterocycles. The molecule has 0 aliphatic carbocycles. The van der Waals surface area contributed by atoms with E-state index in [1.807, 2.05) is 38.1 Å². The summed E-state index contributed by atoms with van der Waals surface area (Å²) in [4.78, 5) is 12.5. The van der Waals surface area contributed by atoms with Crippen LogP contribution in [0.4, 0.5) is 4.39 Å². The Morgan fingerprint density at radius 3 is 2.44 bits per heavy atom. The van der Waals surface area contributed by atoms with E-state index in [9.17, 15) is 9.18 Å². The molecule has 8 heteroatoms. The summed E-state index contributed by atoms with van der Waals surface area (Å²) in [6.45, 7) is 5.66. The molecular weight excluding hydrogens is 365 g/mol. The molecule has 0 aliphatic rings. The van der Waals surface area contributed by atoms with E-state index < -0.39 is 5.25 Å². The van der Waals surface area contributed by atoms with Crippen LogP contribution in [0.25, 0.3) is 5.69 Å². The minimum atomic E-state index is -0.400. The Balaban J connectivity index is 1.66. The number of hydrogen-bond acceptors (Lipinski definition) is 5. The summed E-state index contributed by atoms with van der Waals surface area (Å²) in [5.41, 5.74) is 2.82. The number of aromatic nitrogens is 4. The molecule has 0 aliphatic heterocycles. The highest BCUT2D eigenvalue weighted by Crippen LogP contribution is 2.24. The van der Waals surface area contributed by atoms with E-state index in [-0.39, 0.29) is 17.8 Å². The van der Waals surface area contributed by atoms with E-state index in [0.717, 1.165) is 16.8 Å². The molecule has 0 bridgehead atoms. The van der Waals surface area contributed by atoms with E-state index in [2.05, 4.69) is 20.8 Å². The van der Waals surface area contributed by atoms with Crippen molar-refractivity contribution >= 4 is 17.7 Å². The Bertz CT molecular complexity index is 911. The SMILES string of the molecule is Cc1ccc(-n2nnnc2SC(C)C(=O)NC(C)c2ccc(F)cc2)cc1. The number of benzene rings is 2. The van der Waals surface area contributed by atoms with Crippen LogP contribution in [-0.4, -0.2) is 31.4 Å². The van der Waals surface area contributed by atoms with Crippen molar-refractivity contribution in [3.05, 3.63) is 65.5 Å². The van der Waals surface area contributed by atoms with Crippen LogP contribution in [0.3, 0.4) is 0 Å². The molecule has 6 nitrogen and oxygen atoms in total. The first-order valence-electron chi connectivity index (χ1n) is 8.52. The van der Waals surface area contributed by atoms with Crippen molar-refractivity contribution < 1.29 is 9.18 Å². The number of aryl methyl sites for hydroxylation is 1. The van der Waals surface area contributed by atoms with E-state index in [0.29, 0.717) is 5.16 Å². The summed E-state index contributed by atoms with van der Waals surface area (Å²) in [6.07, 6.45) is 0. The number of nitrogens with zero attached hydrogens (tertiary/aromatic N) is 4. The second kappa shape index (κ2) is 8.30. The predicted octanol–water partition coefficient (Wildman–Crippen LogP) is 3.47. The average molecular weight is 385 g/mol. The lowest BCUT2D eigenvalue weighted by Gasteiger charge is -2.17. The maximum atomic E-state index is 13.0. The van der Waals surface area contributed by atoms with E-state index in [4.69, 9.17) is 0 Å². The molecule has 0 spiro atoms. The molecule has 1 amide bonds. The number of halogens is 1. The van der Waals surface area contributed by atoms with Gasteiger partial charge in [-0.1, -0.05) is 41.6 Å². The molecule has 2 atom stereocenters. The minimum absolute atomic E-state index is 0.143. The Hall–Kier alpha value is -2.74. The van der Waals surface area contributed by atoms with Crippen LogP contribution in [0.15, 0.2) is 53.7 Å². The predicted molar refractivity (Wildman–Crippen MR) is 102 cm³/mol. The third kappa shape index (κ3) is 4.71. The highest BCUT2D eigenvalue weighted by Gasteiger charge is 2.21. The Labute approximate surface area is 161 Å². The zero-order valence-electron chi connectivity index (χ0n) is 15.3. The van der Waals surface area contributed by atoms with Gasteiger partial charge in [-0.05, 0) is 61.0 Å².